The molecule has 88 valence electrons. The van der Waals surface area contributed by atoms with Gasteiger partial charge in [-0.1, -0.05) is 0 Å². The minimum absolute atomic E-state index is 0.0251. The minimum atomic E-state index is -3.06. The lowest BCUT2D eigenvalue weighted by Gasteiger charge is -2.15. The minimum Gasteiger partial charge on any atom is -0.352 e. The lowest BCUT2D eigenvalue weighted by Crippen LogP contribution is -2.42. The summed E-state index contributed by atoms with van der Waals surface area (Å²) in [5, 5.41) is 2.77. The van der Waals surface area contributed by atoms with Crippen molar-refractivity contribution in [1.82, 2.24) is 5.32 Å². The molecule has 0 bridgehead atoms. The van der Waals surface area contributed by atoms with Gasteiger partial charge in [0.15, 0.2) is 0 Å². The van der Waals surface area contributed by atoms with Crippen molar-refractivity contribution in [3.63, 3.8) is 0 Å². The van der Waals surface area contributed by atoms with Gasteiger partial charge in [0.2, 0.25) is 5.91 Å². The van der Waals surface area contributed by atoms with E-state index in [0.717, 1.165) is 19.1 Å². The first kappa shape index (κ1) is 12.4. The highest BCUT2D eigenvalue weighted by Crippen LogP contribution is 2.32. The van der Waals surface area contributed by atoms with Crippen LogP contribution >= 0.6 is 0 Å². The standard InChI is InChI=1S/C9H18N2O3S/c1-15(13,14)5-4-9(12)11-8(6-10)7-2-3-7/h7-8H,2-6,10H2,1H3,(H,11,12). The van der Waals surface area contributed by atoms with Crippen molar-refractivity contribution in [2.45, 2.75) is 25.3 Å². The van der Waals surface area contributed by atoms with Crippen LogP contribution in [-0.4, -0.2) is 38.9 Å². The van der Waals surface area contributed by atoms with Crippen LogP contribution in [0.4, 0.5) is 0 Å². The molecule has 15 heavy (non-hydrogen) atoms. The Morgan fingerprint density at radius 3 is 2.53 bits per heavy atom. The highest BCUT2D eigenvalue weighted by molar-refractivity contribution is 7.90. The van der Waals surface area contributed by atoms with Crippen LogP contribution in [0.3, 0.4) is 0 Å². The first-order valence-electron chi connectivity index (χ1n) is 5.09. The van der Waals surface area contributed by atoms with Gasteiger partial charge in [0.25, 0.3) is 0 Å². The zero-order valence-electron chi connectivity index (χ0n) is 8.90. The summed E-state index contributed by atoms with van der Waals surface area (Å²) >= 11 is 0. The Balaban J connectivity index is 2.28. The van der Waals surface area contributed by atoms with Gasteiger partial charge in [0, 0.05) is 25.3 Å². The van der Waals surface area contributed by atoms with Crippen LogP contribution in [0.25, 0.3) is 0 Å². The zero-order chi connectivity index (χ0) is 11.5. The molecule has 0 aliphatic heterocycles. The lowest BCUT2D eigenvalue weighted by atomic mass is 10.2. The predicted molar refractivity (Wildman–Crippen MR) is 58.0 cm³/mol. The van der Waals surface area contributed by atoms with Crippen molar-refractivity contribution in [1.29, 1.82) is 0 Å². The van der Waals surface area contributed by atoms with Gasteiger partial charge in [-0.2, -0.15) is 0 Å². The van der Waals surface area contributed by atoms with Crippen molar-refractivity contribution in [2.24, 2.45) is 11.7 Å². The van der Waals surface area contributed by atoms with Crippen LogP contribution in [-0.2, 0) is 14.6 Å². The Morgan fingerprint density at radius 2 is 2.13 bits per heavy atom. The molecular weight excluding hydrogens is 216 g/mol. The van der Waals surface area contributed by atoms with E-state index < -0.39 is 9.84 Å². The number of hydrogen-bond donors (Lipinski definition) is 2. The summed E-state index contributed by atoms with van der Waals surface area (Å²) in [6.07, 6.45) is 3.37. The van der Waals surface area contributed by atoms with E-state index in [9.17, 15) is 13.2 Å². The number of nitrogens with one attached hydrogen (secondary N) is 1. The van der Waals surface area contributed by atoms with Crippen molar-refractivity contribution in [2.75, 3.05) is 18.6 Å². The van der Waals surface area contributed by atoms with E-state index in [1.165, 1.54) is 0 Å². The predicted octanol–water partition coefficient (Wildman–Crippen LogP) is -0.725. The van der Waals surface area contributed by atoms with Crippen molar-refractivity contribution in [3.8, 4) is 0 Å². The van der Waals surface area contributed by atoms with Gasteiger partial charge in [-0.05, 0) is 18.8 Å². The van der Waals surface area contributed by atoms with Gasteiger partial charge in [-0.15, -0.1) is 0 Å². The van der Waals surface area contributed by atoms with Crippen LogP contribution < -0.4 is 11.1 Å². The van der Waals surface area contributed by atoms with Gasteiger partial charge < -0.3 is 11.1 Å². The van der Waals surface area contributed by atoms with E-state index >= 15 is 0 Å². The fourth-order valence-electron chi connectivity index (χ4n) is 1.42. The maximum Gasteiger partial charge on any atom is 0.221 e. The maximum absolute atomic E-state index is 11.4. The summed E-state index contributed by atoms with van der Waals surface area (Å²) in [6.45, 7) is 0.426. The summed E-state index contributed by atoms with van der Waals surface area (Å²) in [6, 6.07) is 0.0251. The van der Waals surface area contributed by atoms with Gasteiger partial charge in [-0.25, -0.2) is 8.42 Å². The SMILES string of the molecule is CS(=O)(=O)CCC(=O)NC(CN)C1CC1. The van der Waals surface area contributed by atoms with Crippen molar-refractivity contribution >= 4 is 15.7 Å². The van der Waals surface area contributed by atoms with E-state index in [4.69, 9.17) is 5.73 Å². The van der Waals surface area contributed by atoms with Gasteiger partial charge in [-0.3, -0.25) is 4.79 Å². The van der Waals surface area contributed by atoms with E-state index in [2.05, 4.69) is 5.32 Å². The second kappa shape index (κ2) is 4.94. The lowest BCUT2D eigenvalue weighted by molar-refractivity contribution is -0.121. The van der Waals surface area contributed by atoms with Gasteiger partial charge >= 0.3 is 0 Å². The second-order valence-corrected chi connectivity index (χ2v) is 6.39. The topological polar surface area (TPSA) is 89.3 Å². The molecule has 0 radical (unpaired) electrons. The third kappa shape index (κ3) is 5.13. The molecular formula is C9H18N2O3S. The highest BCUT2D eigenvalue weighted by atomic mass is 32.2. The highest BCUT2D eigenvalue weighted by Gasteiger charge is 2.31. The molecule has 5 nitrogen and oxygen atoms in total. The second-order valence-electron chi connectivity index (χ2n) is 4.13. The van der Waals surface area contributed by atoms with E-state index in [1.54, 1.807) is 0 Å². The number of amides is 1. The first-order valence-corrected chi connectivity index (χ1v) is 7.15. The zero-order valence-corrected chi connectivity index (χ0v) is 9.72. The molecule has 0 aromatic carbocycles. The average molecular weight is 234 g/mol. The van der Waals surface area contributed by atoms with E-state index in [0.29, 0.717) is 12.5 Å². The molecule has 3 N–H and O–H groups in total. The normalized spacial score (nSPS) is 18.5. The Hall–Kier alpha value is -0.620. The molecule has 1 unspecified atom stereocenters. The molecule has 1 rings (SSSR count). The van der Waals surface area contributed by atoms with Crippen molar-refractivity contribution in [3.05, 3.63) is 0 Å². The Kier molecular flexibility index (Phi) is 4.10. The Morgan fingerprint density at radius 1 is 1.53 bits per heavy atom. The van der Waals surface area contributed by atoms with Crippen LogP contribution in [0.2, 0.25) is 0 Å². The number of carbonyl (C=O) groups is 1. The quantitative estimate of drug-likeness (QED) is 0.634. The summed E-state index contributed by atoms with van der Waals surface area (Å²) in [5.74, 6) is 0.181. The largest absolute Gasteiger partial charge is 0.352 e. The molecule has 0 heterocycles. The van der Waals surface area contributed by atoms with Crippen LogP contribution in [0, 0.1) is 5.92 Å². The third-order valence-corrected chi connectivity index (χ3v) is 3.44. The summed E-state index contributed by atoms with van der Waals surface area (Å²) in [4.78, 5) is 11.4. The molecule has 1 atom stereocenters. The monoisotopic (exact) mass is 234 g/mol. The number of sulfone groups is 1. The van der Waals surface area contributed by atoms with E-state index in [1.807, 2.05) is 0 Å². The molecule has 1 aliphatic carbocycles. The summed E-state index contributed by atoms with van der Waals surface area (Å²) in [5.41, 5.74) is 5.51. The average Bonchev–Trinajstić information content (AvgIpc) is 2.93. The molecule has 0 spiro atoms. The number of carbonyl (C=O) groups excluding carboxylic acids is 1. The number of nitrogens with two attached hydrogens (primary N) is 1. The maximum atomic E-state index is 11.4. The van der Waals surface area contributed by atoms with Crippen LogP contribution in [0.15, 0.2) is 0 Å². The molecule has 6 heteroatoms. The summed E-state index contributed by atoms with van der Waals surface area (Å²) in [7, 11) is -3.06. The number of hydrogen-bond acceptors (Lipinski definition) is 4. The van der Waals surface area contributed by atoms with Gasteiger partial charge in [0.1, 0.15) is 9.84 Å². The van der Waals surface area contributed by atoms with Gasteiger partial charge in [0.05, 0.1) is 5.75 Å². The number of rotatable bonds is 6. The van der Waals surface area contributed by atoms with Crippen LogP contribution in [0.5, 0.6) is 0 Å². The molecule has 0 saturated heterocycles. The van der Waals surface area contributed by atoms with E-state index in [-0.39, 0.29) is 24.1 Å². The fraction of sp³-hybridized carbons (Fsp3) is 0.889. The molecule has 1 saturated carbocycles. The molecule has 1 fully saturated rings. The molecule has 1 amide bonds. The fourth-order valence-corrected chi connectivity index (χ4v) is 1.98. The van der Waals surface area contributed by atoms with Crippen molar-refractivity contribution < 1.29 is 13.2 Å². The smallest absolute Gasteiger partial charge is 0.221 e. The third-order valence-electron chi connectivity index (χ3n) is 2.49. The first-order chi connectivity index (χ1) is 6.92. The Bertz CT molecular complexity index is 322. The summed E-state index contributed by atoms with van der Waals surface area (Å²) < 4.78 is 21.7. The molecule has 0 aromatic heterocycles. The Labute approximate surface area is 90.3 Å². The van der Waals surface area contributed by atoms with Crippen LogP contribution in [0.1, 0.15) is 19.3 Å². The molecule has 0 aromatic rings. The molecule has 1 aliphatic rings.